The van der Waals surface area contributed by atoms with E-state index in [1.54, 1.807) is 0 Å². The minimum atomic E-state index is -0.230. The summed E-state index contributed by atoms with van der Waals surface area (Å²) in [4.78, 5) is 2.10. The number of nitrogens with one attached hydrogen (secondary N) is 7. The molecule has 0 bridgehead atoms. The van der Waals surface area contributed by atoms with E-state index in [9.17, 15) is 0 Å². The molecular weight excluding hydrogens is 174 g/mol. The third-order valence-electron chi connectivity index (χ3n) is 2.34. The summed E-state index contributed by atoms with van der Waals surface area (Å²) in [6.07, 6.45) is -0.182. The van der Waals surface area contributed by atoms with Gasteiger partial charge in [-0.2, -0.15) is 5.53 Å². The SMILES string of the molecule is NC1NC2NNNC3NNC(N1)N32. The van der Waals surface area contributed by atoms with Crippen LogP contribution >= 0.6 is 0 Å². The third kappa shape index (κ3) is 1.15. The van der Waals surface area contributed by atoms with E-state index in [1.165, 1.54) is 0 Å². The molecule has 0 radical (unpaired) electrons. The Labute approximate surface area is 74.7 Å². The summed E-state index contributed by atoms with van der Waals surface area (Å²) < 4.78 is 0. The van der Waals surface area contributed by atoms with E-state index in [0.717, 1.165) is 0 Å². The fourth-order valence-corrected chi connectivity index (χ4v) is 1.76. The maximum absolute atomic E-state index is 5.72. The van der Waals surface area contributed by atoms with E-state index in [4.69, 9.17) is 5.73 Å². The maximum atomic E-state index is 5.72. The number of hydrogen-bond donors (Lipinski definition) is 8. The summed E-state index contributed by atoms with van der Waals surface area (Å²) in [5, 5.41) is 6.24. The molecule has 4 atom stereocenters. The van der Waals surface area contributed by atoms with Crippen LogP contribution in [0.2, 0.25) is 0 Å². The molecular formula is C4H13N9. The van der Waals surface area contributed by atoms with Crippen molar-refractivity contribution in [3.8, 4) is 0 Å². The molecule has 0 aromatic carbocycles. The van der Waals surface area contributed by atoms with Crippen LogP contribution in [0, 0.1) is 0 Å². The van der Waals surface area contributed by atoms with E-state index in [1.807, 2.05) is 0 Å². The molecule has 9 N–H and O–H groups in total. The van der Waals surface area contributed by atoms with Crippen LogP contribution in [0.25, 0.3) is 0 Å². The van der Waals surface area contributed by atoms with Gasteiger partial charge in [0.25, 0.3) is 0 Å². The zero-order valence-corrected chi connectivity index (χ0v) is 6.83. The lowest BCUT2D eigenvalue weighted by Gasteiger charge is -2.46. The number of rotatable bonds is 0. The second kappa shape index (κ2) is 2.81. The molecule has 3 aliphatic heterocycles. The van der Waals surface area contributed by atoms with Gasteiger partial charge in [0.05, 0.1) is 0 Å². The molecule has 3 rings (SSSR count). The molecule has 0 saturated carbocycles. The Kier molecular flexibility index (Phi) is 1.73. The Bertz CT molecular complexity index is 208. The molecule has 0 amide bonds. The minimum Gasteiger partial charge on any atom is -0.303 e. The molecule has 0 aromatic rings. The van der Waals surface area contributed by atoms with Gasteiger partial charge in [-0.15, -0.1) is 0 Å². The predicted octanol–water partition coefficient (Wildman–Crippen LogP) is -4.71. The van der Waals surface area contributed by atoms with Crippen molar-refractivity contribution in [3.63, 3.8) is 0 Å². The highest BCUT2D eigenvalue weighted by molar-refractivity contribution is 4.88. The highest BCUT2D eigenvalue weighted by Gasteiger charge is 2.44. The molecule has 3 saturated heterocycles. The lowest BCUT2D eigenvalue weighted by molar-refractivity contribution is -0.0571. The summed E-state index contributed by atoms with van der Waals surface area (Å²) in [5.74, 6) is 0. The van der Waals surface area contributed by atoms with Crippen molar-refractivity contribution in [1.82, 2.24) is 42.8 Å². The summed E-state index contributed by atoms with van der Waals surface area (Å²) in [6.45, 7) is 0. The Balaban J connectivity index is 1.83. The lowest BCUT2D eigenvalue weighted by atomic mass is 10.5. The van der Waals surface area contributed by atoms with Crippen molar-refractivity contribution < 1.29 is 0 Å². The fourth-order valence-electron chi connectivity index (χ4n) is 1.76. The summed E-state index contributed by atoms with van der Waals surface area (Å²) in [7, 11) is 0. The van der Waals surface area contributed by atoms with Gasteiger partial charge in [0.1, 0.15) is 25.2 Å². The van der Waals surface area contributed by atoms with Gasteiger partial charge >= 0.3 is 0 Å². The Morgan fingerprint density at radius 1 is 0.846 bits per heavy atom. The fraction of sp³-hybridized carbons (Fsp3) is 1.00. The van der Waals surface area contributed by atoms with Crippen LogP contribution in [0.4, 0.5) is 0 Å². The van der Waals surface area contributed by atoms with Gasteiger partial charge in [0.15, 0.2) is 0 Å². The second-order valence-corrected chi connectivity index (χ2v) is 3.17. The van der Waals surface area contributed by atoms with E-state index < -0.39 is 0 Å². The molecule has 74 valence electrons. The van der Waals surface area contributed by atoms with Crippen molar-refractivity contribution in [2.45, 2.75) is 25.2 Å². The normalized spacial score (nSPS) is 50.5. The van der Waals surface area contributed by atoms with Gasteiger partial charge < -0.3 is 5.73 Å². The van der Waals surface area contributed by atoms with Crippen molar-refractivity contribution in [2.24, 2.45) is 5.73 Å². The van der Waals surface area contributed by atoms with Crippen LogP contribution < -0.4 is 43.6 Å². The summed E-state index contributed by atoms with van der Waals surface area (Å²) in [6, 6.07) is 0. The first-order valence-electron chi connectivity index (χ1n) is 4.17. The number of nitrogens with two attached hydrogens (primary N) is 1. The molecule has 9 nitrogen and oxygen atoms in total. The Hall–Kier alpha value is -0.360. The monoisotopic (exact) mass is 187 g/mol. The highest BCUT2D eigenvalue weighted by atomic mass is 15.9. The van der Waals surface area contributed by atoms with Crippen molar-refractivity contribution >= 4 is 0 Å². The van der Waals surface area contributed by atoms with Crippen LogP contribution in [-0.2, 0) is 0 Å². The van der Waals surface area contributed by atoms with E-state index in [0.29, 0.717) is 0 Å². The van der Waals surface area contributed by atoms with Gasteiger partial charge in [0.2, 0.25) is 0 Å². The maximum Gasteiger partial charge on any atom is 0.145 e. The molecule has 0 aromatic heterocycles. The van der Waals surface area contributed by atoms with Crippen LogP contribution in [-0.4, -0.2) is 30.1 Å². The minimum absolute atomic E-state index is 0.00463. The lowest BCUT2D eigenvalue weighted by Crippen LogP contribution is -2.82. The topological polar surface area (TPSA) is 113 Å². The van der Waals surface area contributed by atoms with Crippen molar-refractivity contribution in [2.75, 3.05) is 0 Å². The number of nitrogens with zero attached hydrogens (tertiary/aromatic N) is 1. The van der Waals surface area contributed by atoms with Gasteiger partial charge in [-0.3, -0.25) is 10.6 Å². The van der Waals surface area contributed by atoms with E-state index in [-0.39, 0.29) is 25.2 Å². The number of hydrazine groups is 3. The van der Waals surface area contributed by atoms with Gasteiger partial charge in [0, 0.05) is 0 Å². The summed E-state index contributed by atoms with van der Waals surface area (Å²) in [5.41, 5.74) is 20.7. The average molecular weight is 187 g/mol. The Morgan fingerprint density at radius 2 is 1.46 bits per heavy atom. The molecule has 3 aliphatic rings. The van der Waals surface area contributed by atoms with Gasteiger partial charge in [-0.25, -0.2) is 26.6 Å². The zero-order chi connectivity index (χ0) is 8.84. The zero-order valence-electron chi connectivity index (χ0n) is 6.83. The first kappa shape index (κ1) is 7.99. The van der Waals surface area contributed by atoms with Crippen LogP contribution in [0.5, 0.6) is 0 Å². The van der Waals surface area contributed by atoms with Crippen LogP contribution in [0.15, 0.2) is 0 Å². The molecule has 3 fully saturated rings. The first-order valence-corrected chi connectivity index (χ1v) is 4.17. The molecule has 9 heteroatoms. The Morgan fingerprint density at radius 3 is 2.31 bits per heavy atom. The second-order valence-electron chi connectivity index (χ2n) is 3.17. The molecule has 0 spiro atoms. The smallest absolute Gasteiger partial charge is 0.145 e. The number of hydrogen-bond acceptors (Lipinski definition) is 9. The molecule has 3 heterocycles. The summed E-state index contributed by atoms with van der Waals surface area (Å²) >= 11 is 0. The van der Waals surface area contributed by atoms with Crippen molar-refractivity contribution in [1.29, 1.82) is 0 Å². The molecule has 13 heavy (non-hydrogen) atoms. The standard InChI is InChI=1S/C4H13N9/c5-1-6-2-8-9-4-11-12-10-3(7-1)13(2)4/h1-4,6-12H,5H2. The van der Waals surface area contributed by atoms with Crippen LogP contribution in [0.3, 0.4) is 0 Å². The van der Waals surface area contributed by atoms with E-state index in [2.05, 4.69) is 42.8 Å². The predicted molar refractivity (Wildman–Crippen MR) is 43.1 cm³/mol. The van der Waals surface area contributed by atoms with E-state index >= 15 is 0 Å². The largest absolute Gasteiger partial charge is 0.303 e. The van der Waals surface area contributed by atoms with Gasteiger partial charge in [-0.1, -0.05) is 0 Å². The molecule has 4 unspecified atom stereocenters. The molecule has 0 aliphatic carbocycles. The highest BCUT2D eigenvalue weighted by Crippen LogP contribution is 2.10. The van der Waals surface area contributed by atoms with Crippen LogP contribution in [0.1, 0.15) is 0 Å². The van der Waals surface area contributed by atoms with Crippen molar-refractivity contribution in [3.05, 3.63) is 0 Å². The first-order chi connectivity index (χ1) is 6.34. The quantitative estimate of drug-likeness (QED) is 0.189. The third-order valence-corrected chi connectivity index (χ3v) is 2.34. The van der Waals surface area contributed by atoms with Gasteiger partial charge in [-0.05, 0) is 0 Å². The average Bonchev–Trinajstić information content (AvgIpc) is 2.50.